The molecule has 3 nitrogen and oxygen atoms in total. The van der Waals surface area contributed by atoms with Crippen LogP contribution < -0.4 is 0 Å². The van der Waals surface area contributed by atoms with Crippen molar-refractivity contribution in [3.8, 4) is 0 Å². The average molecular weight is 250 g/mol. The van der Waals surface area contributed by atoms with Crippen molar-refractivity contribution in [3.05, 3.63) is 60.1 Å². The van der Waals surface area contributed by atoms with Crippen molar-refractivity contribution in [3.63, 3.8) is 0 Å². The van der Waals surface area contributed by atoms with E-state index in [9.17, 15) is 9.32 Å². The first-order valence-corrected chi connectivity index (χ1v) is 6.97. The van der Waals surface area contributed by atoms with E-state index in [0.29, 0.717) is 11.3 Å². The monoisotopic (exact) mass is 250 g/mol. The molecule has 1 aromatic heterocycles. The maximum Gasteiger partial charge on any atom is 0.158 e. The van der Waals surface area contributed by atoms with Crippen LogP contribution in [-0.4, -0.2) is 21.3 Å². The van der Waals surface area contributed by atoms with Gasteiger partial charge in [-0.1, -0.05) is 30.3 Å². The third-order valence-electron chi connectivity index (χ3n) is 2.59. The van der Waals surface area contributed by atoms with Crippen LogP contribution in [0, 0.1) is 0 Å². The zero-order valence-electron chi connectivity index (χ0n) is 9.50. The lowest BCUT2D eigenvalue weighted by Crippen LogP contribution is -2.33. The van der Waals surface area contributed by atoms with E-state index in [-0.39, 0.29) is 5.75 Å². The first-order valence-electron chi connectivity index (χ1n) is 5.25. The Morgan fingerprint density at radius 2 is 1.94 bits per heavy atom. The molecular formula is C13H14O3S. The topological polar surface area (TPSA) is 50.4 Å². The fourth-order valence-electron chi connectivity index (χ4n) is 1.82. The van der Waals surface area contributed by atoms with Gasteiger partial charge in [-0.05, 0) is 17.7 Å². The molecule has 0 spiro atoms. The van der Waals surface area contributed by atoms with E-state index in [0.717, 1.165) is 0 Å². The third-order valence-corrected chi connectivity index (χ3v) is 3.42. The molecule has 0 radical (unpaired) electrons. The highest BCUT2D eigenvalue weighted by Crippen LogP contribution is 2.30. The molecule has 0 aliphatic rings. The van der Waals surface area contributed by atoms with Crippen LogP contribution in [0.15, 0.2) is 53.1 Å². The maximum absolute atomic E-state index is 11.4. The molecule has 17 heavy (non-hydrogen) atoms. The van der Waals surface area contributed by atoms with Gasteiger partial charge >= 0.3 is 0 Å². The van der Waals surface area contributed by atoms with Crippen LogP contribution in [0.2, 0.25) is 0 Å². The van der Waals surface area contributed by atoms with E-state index >= 15 is 0 Å². The molecule has 0 bridgehead atoms. The van der Waals surface area contributed by atoms with Gasteiger partial charge in [0.2, 0.25) is 0 Å². The fourth-order valence-corrected chi connectivity index (χ4v) is 2.72. The van der Waals surface area contributed by atoms with E-state index in [1.54, 1.807) is 30.5 Å². The van der Waals surface area contributed by atoms with E-state index in [1.165, 1.54) is 6.26 Å². The van der Waals surface area contributed by atoms with Crippen LogP contribution in [0.4, 0.5) is 0 Å². The average Bonchev–Trinajstić information content (AvgIpc) is 2.83. The number of benzene rings is 1. The Kier molecular flexibility index (Phi) is 3.45. The second kappa shape index (κ2) is 4.85. The minimum atomic E-state index is -1.33. The predicted molar refractivity (Wildman–Crippen MR) is 67.1 cm³/mol. The van der Waals surface area contributed by atoms with E-state index in [1.807, 2.05) is 18.2 Å². The number of furan rings is 1. The number of rotatable bonds is 4. The van der Waals surface area contributed by atoms with Gasteiger partial charge in [-0.3, -0.25) is 4.21 Å². The Morgan fingerprint density at radius 1 is 1.24 bits per heavy atom. The van der Waals surface area contributed by atoms with Gasteiger partial charge in [0.15, 0.2) is 5.60 Å². The van der Waals surface area contributed by atoms with Crippen molar-refractivity contribution in [1.29, 1.82) is 0 Å². The largest absolute Gasteiger partial charge is 0.466 e. The normalized spacial score (nSPS) is 16.4. The fraction of sp³-hybridized carbons (Fsp3) is 0.231. The zero-order valence-corrected chi connectivity index (χ0v) is 10.3. The molecule has 2 atom stereocenters. The lowest BCUT2D eigenvalue weighted by Gasteiger charge is -2.25. The van der Waals surface area contributed by atoms with Gasteiger partial charge in [0.25, 0.3) is 0 Å². The molecule has 2 aromatic rings. The van der Waals surface area contributed by atoms with Crippen LogP contribution in [0.1, 0.15) is 11.3 Å². The Morgan fingerprint density at radius 3 is 2.47 bits per heavy atom. The van der Waals surface area contributed by atoms with Crippen molar-refractivity contribution in [1.82, 2.24) is 0 Å². The summed E-state index contributed by atoms with van der Waals surface area (Å²) in [6.45, 7) is 0. The molecule has 0 unspecified atom stereocenters. The Labute approximate surface area is 103 Å². The van der Waals surface area contributed by atoms with Crippen LogP contribution in [0.5, 0.6) is 0 Å². The second-order valence-corrected chi connectivity index (χ2v) is 5.36. The van der Waals surface area contributed by atoms with Crippen LogP contribution in [0.25, 0.3) is 0 Å². The zero-order chi connectivity index (χ0) is 12.3. The molecule has 1 heterocycles. The van der Waals surface area contributed by atoms with Crippen molar-refractivity contribution in [2.75, 3.05) is 12.0 Å². The molecule has 0 aliphatic heterocycles. The molecular weight excluding hydrogens is 236 g/mol. The molecule has 4 heteroatoms. The number of aliphatic hydroxyl groups is 1. The summed E-state index contributed by atoms with van der Waals surface area (Å²) in [6, 6.07) is 12.5. The number of hydrogen-bond acceptors (Lipinski definition) is 3. The van der Waals surface area contributed by atoms with Gasteiger partial charge < -0.3 is 9.52 Å². The van der Waals surface area contributed by atoms with Gasteiger partial charge in [-0.2, -0.15) is 0 Å². The third kappa shape index (κ3) is 2.48. The summed E-state index contributed by atoms with van der Waals surface area (Å²) in [5.74, 6) is 0.531. The first-order chi connectivity index (χ1) is 8.13. The highest BCUT2D eigenvalue weighted by molar-refractivity contribution is 7.84. The van der Waals surface area contributed by atoms with Crippen molar-refractivity contribution < 1.29 is 13.7 Å². The summed E-state index contributed by atoms with van der Waals surface area (Å²) in [5, 5.41) is 10.7. The summed E-state index contributed by atoms with van der Waals surface area (Å²) in [4.78, 5) is 0. The summed E-state index contributed by atoms with van der Waals surface area (Å²) < 4.78 is 16.7. The lowest BCUT2D eigenvalue weighted by molar-refractivity contribution is 0.0809. The van der Waals surface area contributed by atoms with E-state index in [4.69, 9.17) is 4.42 Å². The summed E-state index contributed by atoms with van der Waals surface area (Å²) in [5.41, 5.74) is -0.644. The molecule has 0 aliphatic carbocycles. The van der Waals surface area contributed by atoms with Crippen molar-refractivity contribution in [2.45, 2.75) is 5.60 Å². The highest BCUT2D eigenvalue weighted by Gasteiger charge is 2.35. The van der Waals surface area contributed by atoms with E-state index < -0.39 is 16.4 Å². The summed E-state index contributed by atoms with van der Waals surface area (Å²) in [6.07, 6.45) is 3.07. The standard InChI is InChI=1S/C13H14O3S/c1-17(15)10-13(14,12-8-5-9-16-12)11-6-3-2-4-7-11/h2-9,14H,10H2,1H3/t13-,17-/m0/s1. The molecule has 0 saturated carbocycles. The minimum absolute atomic E-state index is 0.116. The lowest BCUT2D eigenvalue weighted by atomic mass is 9.93. The van der Waals surface area contributed by atoms with Gasteiger partial charge in [0.1, 0.15) is 5.76 Å². The Bertz CT molecular complexity index is 493. The predicted octanol–water partition coefficient (Wildman–Crippen LogP) is 1.89. The van der Waals surface area contributed by atoms with Gasteiger partial charge in [-0.15, -0.1) is 0 Å². The minimum Gasteiger partial charge on any atom is -0.466 e. The smallest absolute Gasteiger partial charge is 0.158 e. The quantitative estimate of drug-likeness (QED) is 0.901. The molecule has 0 saturated heterocycles. The van der Waals surface area contributed by atoms with Crippen LogP contribution in [0.3, 0.4) is 0 Å². The molecule has 0 amide bonds. The van der Waals surface area contributed by atoms with E-state index in [2.05, 4.69) is 0 Å². The maximum atomic E-state index is 11.4. The Balaban J connectivity index is 2.48. The Hall–Kier alpha value is -1.39. The molecule has 1 N–H and O–H groups in total. The molecule has 0 fully saturated rings. The first kappa shape index (κ1) is 12.1. The van der Waals surface area contributed by atoms with Gasteiger partial charge in [0, 0.05) is 17.1 Å². The van der Waals surface area contributed by atoms with Crippen LogP contribution in [-0.2, 0) is 16.4 Å². The SMILES string of the molecule is C[S@](=O)C[C@](O)(c1ccccc1)c1ccco1. The highest BCUT2D eigenvalue weighted by atomic mass is 32.2. The molecule has 1 aromatic carbocycles. The van der Waals surface area contributed by atoms with Crippen molar-refractivity contribution in [2.24, 2.45) is 0 Å². The molecule has 90 valence electrons. The summed E-state index contributed by atoms with van der Waals surface area (Å²) in [7, 11) is -1.13. The van der Waals surface area contributed by atoms with Crippen molar-refractivity contribution >= 4 is 10.8 Å². The van der Waals surface area contributed by atoms with Gasteiger partial charge in [-0.25, -0.2) is 0 Å². The number of hydrogen-bond donors (Lipinski definition) is 1. The van der Waals surface area contributed by atoms with Gasteiger partial charge in [0.05, 0.1) is 12.0 Å². The second-order valence-electron chi connectivity index (χ2n) is 3.92. The molecule has 2 rings (SSSR count). The van der Waals surface area contributed by atoms with Crippen LogP contribution >= 0.6 is 0 Å². The summed E-state index contributed by atoms with van der Waals surface area (Å²) >= 11 is 0.